The zero-order valence-corrected chi connectivity index (χ0v) is 14.5. The first-order chi connectivity index (χ1) is 11.6. The average Bonchev–Trinajstić information content (AvgIpc) is 2.61. The van der Waals surface area contributed by atoms with Gasteiger partial charge in [-0.2, -0.15) is 0 Å². The third-order valence-electron chi connectivity index (χ3n) is 4.90. The van der Waals surface area contributed by atoms with E-state index in [2.05, 4.69) is 69.3 Å². The molecule has 0 radical (unpaired) electrons. The smallest absolute Gasteiger partial charge is 0.116 e. The molecule has 0 amide bonds. The fourth-order valence-corrected chi connectivity index (χ4v) is 3.59. The number of hydrogen-bond donors (Lipinski definition) is 1. The molecule has 0 saturated heterocycles. The van der Waals surface area contributed by atoms with Crippen LogP contribution in [0.2, 0.25) is 0 Å². The molecule has 0 heterocycles. The minimum absolute atomic E-state index is 0.234. The van der Waals surface area contributed by atoms with Crippen LogP contribution in [0.25, 0.3) is 0 Å². The van der Waals surface area contributed by atoms with Crippen molar-refractivity contribution in [1.82, 2.24) is 0 Å². The molecule has 0 aliphatic heterocycles. The predicted octanol–water partition coefficient (Wildman–Crippen LogP) is 6.00. The maximum Gasteiger partial charge on any atom is 0.116 e. The first-order valence-electron chi connectivity index (χ1n) is 8.51. The van der Waals surface area contributed by atoms with Crippen LogP contribution in [0.15, 0.2) is 72.8 Å². The standard InChI is InChI=1S/C23H24O/c1-16-14-21(24)15-22(17(2)19-10-6-4-7-11-19)23(16)18(3)20-12-8-5-9-13-20/h4-15,17-18,24H,1-3H3. The van der Waals surface area contributed by atoms with Gasteiger partial charge in [-0.1, -0.05) is 74.5 Å². The molecule has 24 heavy (non-hydrogen) atoms. The van der Waals surface area contributed by atoms with Crippen LogP contribution in [0.5, 0.6) is 5.75 Å². The number of hydrogen-bond acceptors (Lipinski definition) is 1. The molecule has 0 fully saturated rings. The van der Waals surface area contributed by atoms with Gasteiger partial charge in [0, 0.05) is 11.8 Å². The van der Waals surface area contributed by atoms with Gasteiger partial charge in [0.1, 0.15) is 5.75 Å². The van der Waals surface area contributed by atoms with Crippen molar-refractivity contribution in [2.45, 2.75) is 32.6 Å². The molecule has 0 aromatic heterocycles. The average molecular weight is 316 g/mol. The molecule has 0 bridgehead atoms. The quantitative estimate of drug-likeness (QED) is 0.625. The lowest BCUT2D eigenvalue weighted by atomic mass is 9.80. The third-order valence-corrected chi connectivity index (χ3v) is 4.90. The Kier molecular flexibility index (Phi) is 4.71. The molecule has 3 aromatic rings. The maximum atomic E-state index is 10.2. The number of phenolic OH excluding ortho intramolecular Hbond substituents is 1. The van der Waals surface area contributed by atoms with Crippen LogP contribution >= 0.6 is 0 Å². The van der Waals surface area contributed by atoms with Crippen LogP contribution in [-0.4, -0.2) is 5.11 Å². The first kappa shape index (κ1) is 16.3. The molecule has 0 aliphatic carbocycles. The van der Waals surface area contributed by atoms with Gasteiger partial charge in [-0.25, -0.2) is 0 Å². The van der Waals surface area contributed by atoms with Crippen molar-refractivity contribution in [3.05, 3.63) is 101 Å². The summed E-state index contributed by atoms with van der Waals surface area (Å²) in [7, 11) is 0. The van der Waals surface area contributed by atoms with E-state index in [1.807, 2.05) is 24.3 Å². The Labute approximate surface area is 144 Å². The van der Waals surface area contributed by atoms with E-state index in [-0.39, 0.29) is 11.8 Å². The topological polar surface area (TPSA) is 20.2 Å². The van der Waals surface area contributed by atoms with Gasteiger partial charge in [-0.3, -0.25) is 0 Å². The molecule has 2 atom stereocenters. The van der Waals surface area contributed by atoms with Gasteiger partial charge >= 0.3 is 0 Å². The van der Waals surface area contributed by atoms with Crippen molar-refractivity contribution >= 4 is 0 Å². The molecular weight excluding hydrogens is 292 g/mol. The second-order valence-corrected chi connectivity index (χ2v) is 6.53. The highest BCUT2D eigenvalue weighted by molar-refractivity contribution is 5.50. The molecule has 3 aromatic carbocycles. The van der Waals surface area contributed by atoms with Gasteiger partial charge in [-0.05, 0) is 46.9 Å². The van der Waals surface area contributed by atoms with Crippen molar-refractivity contribution in [1.29, 1.82) is 0 Å². The second kappa shape index (κ2) is 6.92. The summed E-state index contributed by atoms with van der Waals surface area (Å²) in [6, 6.07) is 24.9. The van der Waals surface area contributed by atoms with Crippen molar-refractivity contribution in [2.24, 2.45) is 0 Å². The molecule has 0 saturated carbocycles. The van der Waals surface area contributed by atoms with E-state index in [1.165, 1.54) is 22.3 Å². The number of aromatic hydroxyl groups is 1. The zero-order chi connectivity index (χ0) is 17.1. The summed E-state index contributed by atoms with van der Waals surface area (Å²) in [4.78, 5) is 0. The fourth-order valence-electron chi connectivity index (χ4n) is 3.59. The Morgan fingerprint density at radius 2 is 1.21 bits per heavy atom. The van der Waals surface area contributed by atoms with Gasteiger partial charge in [0.25, 0.3) is 0 Å². The summed E-state index contributed by atoms with van der Waals surface area (Å²) < 4.78 is 0. The number of rotatable bonds is 4. The Morgan fingerprint density at radius 1 is 0.708 bits per heavy atom. The van der Waals surface area contributed by atoms with Crippen LogP contribution in [0.4, 0.5) is 0 Å². The van der Waals surface area contributed by atoms with Crippen LogP contribution in [0.3, 0.4) is 0 Å². The van der Waals surface area contributed by atoms with Gasteiger partial charge in [0.2, 0.25) is 0 Å². The summed E-state index contributed by atoms with van der Waals surface area (Å²) in [5.74, 6) is 0.861. The summed E-state index contributed by atoms with van der Waals surface area (Å²) in [5, 5.41) is 10.2. The van der Waals surface area contributed by atoms with E-state index in [1.54, 1.807) is 0 Å². The number of benzene rings is 3. The normalized spacial score (nSPS) is 13.5. The van der Waals surface area contributed by atoms with Crippen molar-refractivity contribution in [3.8, 4) is 5.75 Å². The van der Waals surface area contributed by atoms with E-state index in [4.69, 9.17) is 0 Å². The minimum atomic E-state index is 0.234. The van der Waals surface area contributed by atoms with Gasteiger partial charge in [0.05, 0.1) is 0 Å². The predicted molar refractivity (Wildman–Crippen MR) is 101 cm³/mol. The minimum Gasteiger partial charge on any atom is -0.508 e. The monoisotopic (exact) mass is 316 g/mol. The van der Waals surface area contributed by atoms with E-state index in [9.17, 15) is 5.11 Å². The Hall–Kier alpha value is -2.54. The number of phenols is 1. The van der Waals surface area contributed by atoms with Crippen LogP contribution in [0, 0.1) is 6.92 Å². The van der Waals surface area contributed by atoms with E-state index >= 15 is 0 Å². The summed E-state index contributed by atoms with van der Waals surface area (Å²) in [5.41, 5.74) is 6.23. The highest BCUT2D eigenvalue weighted by atomic mass is 16.3. The molecule has 2 unspecified atom stereocenters. The van der Waals surface area contributed by atoms with Gasteiger partial charge in [0.15, 0.2) is 0 Å². The van der Waals surface area contributed by atoms with Crippen molar-refractivity contribution in [3.63, 3.8) is 0 Å². The fraction of sp³-hybridized carbons (Fsp3) is 0.217. The van der Waals surface area contributed by atoms with Crippen LogP contribution < -0.4 is 0 Å². The maximum absolute atomic E-state index is 10.2. The Morgan fingerprint density at radius 3 is 1.75 bits per heavy atom. The Bertz CT molecular complexity index is 806. The Balaban J connectivity index is 2.12. The summed E-state index contributed by atoms with van der Waals surface area (Å²) in [6.45, 7) is 6.55. The second-order valence-electron chi connectivity index (χ2n) is 6.53. The summed E-state index contributed by atoms with van der Waals surface area (Å²) >= 11 is 0. The molecule has 3 rings (SSSR count). The third kappa shape index (κ3) is 3.21. The lowest BCUT2D eigenvalue weighted by Gasteiger charge is -2.24. The highest BCUT2D eigenvalue weighted by Gasteiger charge is 2.20. The molecular formula is C23H24O. The lowest BCUT2D eigenvalue weighted by Crippen LogP contribution is -2.07. The first-order valence-corrected chi connectivity index (χ1v) is 8.51. The van der Waals surface area contributed by atoms with E-state index < -0.39 is 0 Å². The van der Waals surface area contributed by atoms with Gasteiger partial charge < -0.3 is 5.11 Å². The molecule has 122 valence electrons. The zero-order valence-electron chi connectivity index (χ0n) is 14.5. The van der Waals surface area contributed by atoms with Crippen molar-refractivity contribution < 1.29 is 5.11 Å². The lowest BCUT2D eigenvalue weighted by molar-refractivity contribution is 0.473. The molecule has 1 N–H and O–H groups in total. The SMILES string of the molecule is Cc1cc(O)cc(C(C)c2ccccc2)c1C(C)c1ccccc1. The molecule has 0 aliphatic rings. The molecule has 0 spiro atoms. The summed E-state index contributed by atoms with van der Waals surface area (Å²) in [6.07, 6.45) is 0. The van der Waals surface area contributed by atoms with Crippen LogP contribution in [0.1, 0.15) is 53.5 Å². The van der Waals surface area contributed by atoms with E-state index in [0.29, 0.717) is 5.75 Å². The molecule has 1 heteroatoms. The van der Waals surface area contributed by atoms with Gasteiger partial charge in [-0.15, -0.1) is 0 Å². The van der Waals surface area contributed by atoms with Crippen molar-refractivity contribution in [2.75, 3.05) is 0 Å². The largest absolute Gasteiger partial charge is 0.508 e. The van der Waals surface area contributed by atoms with Crippen LogP contribution in [-0.2, 0) is 0 Å². The highest BCUT2D eigenvalue weighted by Crippen LogP contribution is 2.38. The number of aryl methyl sites for hydroxylation is 1. The molecule has 1 nitrogen and oxygen atoms in total. The van der Waals surface area contributed by atoms with E-state index in [0.717, 1.165) is 5.56 Å².